The maximum Gasteiger partial charge on any atom is 0.128 e. The third-order valence-corrected chi connectivity index (χ3v) is 3.32. The Morgan fingerprint density at radius 2 is 1.75 bits per heavy atom. The Balaban J connectivity index is 1.87. The second kappa shape index (κ2) is 4.96. The third-order valence-electron chi connectivity index (χ3n) is 3.32. The van der Waals surface area contributed by atoms with Gasteiger partial charge in [0.05, 0.1) is 0 Å². The van der Waals surface area contributed by atoms with Crippen LogP contribution >= 0.6 is 0 Å². The van der Waals surface area contributed by atoms with Crippen LogP contribution < -0.4 is 5.32 Å². The van der Waals surface area contributed by atoms with Crippen LogP contribution in [0.4, 0.5) is 14.5 Å². The van der Waals surface area contributed by atoms with Crippen molar-refractivity contribution in [2.45, 2.75) is 6.54 Å². The molecule has 0 bridgehead atoms. The molecule has 3 aromatic rings. The highest BCUT2D eigenvalue weighted by molar-refractivity contribution is 5.84. The van der Waals surface area contributed by atoms with Crippen molar-refractivity contribution in [3.63, 3.8) is 0 Å². The lowest BCUT2D eigenvalue weighted by Gasteiger charge is -2.06. The number of aromatic nitrogens is 1. The van der Waals surface area contributed by atoms with Crippen LogP contribution in [-0.4, -0.2) is 4.57 Å². The molecule has 0 amide bonds. The Morgan fingerprint density at radius 3 is 2.50 bits per heavy atom. The molecule has 0 fully saturated rings. The first-order valence-corrected chi connectivity index (χ1v) is 6.36. The van der Waals surface area contributed by atoms with E-state index in [0.29, 0.717) is 12.2 Å². The minimum absolute atomic E-state index is 0.440. The lowest BCUT2D eigenvalue weighted by Crippen LogP contribution is -1.99. The number of hydrogen-bond acceptors (Lipinski definition) is 1. The summed E-state index contributed by atoms with van der Waals surface area (Å²) in [7, 11) is 1.98. The van der Waals surface area contributed by atoms with Gasteiger partial charge in [-0.15, -0.1) is 0 Å². The quantitative estimate of drug-likeness (QED) is 0.760. The van der Waals surface area contributed by atoms with Crippen molar-refractivity contribution in [3.8, 4) is 0 Å². The second-order valence-corrected chi connectivity index (χ2v) is 4.79. The van der Waals surface area contributed by atoms with Gasteiger partial charge in [0.15, 0.2) is 0 Å². The Bertz CT molecular complexity index is 742. The number of benzene rings is 2. The predicted octanol–water partition coefficient (Wildman–Crippen LogP) is 4.07. The molecule has 0 atom stereocenters. The molecule has 4 heteroatoms. The minimum Gasteiger partial charge on any atom is -0.381 e. The topological polar surface area (TPSA) is 17.0 Å². The number of nitrogens with zero attached hydrogens (tertiary/aromatic N) is 1. The first-order chi connectivity index (χ1) is 9.63. The van der Waals surface area contributed by atoms with Crippen molar-refractivity contribution >= 4 is 16.6 Å². The Kier molecular flexibility index (Phi) is 3.14. The monoisotopic (exact) mass is 272 g/mol. The van der Waals surface area contributed by atoms with Crippen LogP contribution in [0.2, 0.25) is 0 Å². The molecular formula is C16H14F2N2. The number of para-hydroxylation sites is 1. The summed E-state index contributed by atoms with van der Waals surface area (Å²) in [6, 6.07) is 11.5. The van der Waals surface area contributed by atoms with Gasteiger partial charge in [0, 0.05) is 42.4 Å². The Labute approximate surface area is 115 Å². The van der Waals surface area contributed by atoms with E-state index in [0.717, 1.165) is 22.5 Å². The van der Waals surface area contributed by atoms with Crippen LogP contribution in [-0.2, 0) is 13.6 Å². The van der Waals surface area contributed by atoms with E-state index >= 15 is 0 Å². The molecule has 0 aliphatic rings. The summed E-state index contributed by atoms with van der Waals surface area (Å²) in [4.78, 5) is 0. The number of fused-ring (bicyclic) bond motifs is 1. The smallest absolute Gasteiger partial charge is 0.128 e. The van der Waals surface area contributed by atoms with E-state index in [9.17, 15) is 8.78 Å². The molecule has 2 aromatic carbocycles. The van der Waals surface area contributed by atoms with E-state index in [4.69, 9.17) is 0 Å². The zero-order chi connectivity index (χ0) is 14.1. The normalized spacial score (nSPS) is 10.9. The van der Waals surface area contributed by atoms with Gasteiger partial charge in [-0.25, -0.2) is 8.78 Å². The number of hydrogen-bond donors (Lipinski definition) is 1. The predicted molar refractivity (Wildman–Crippen MR) is 76.6 cm³/mol. The van der Waals surface area contributed by atoms with Gasteiger partial charge in [-0.2, -0.15) is 0 Å². The molecule has 2 nitrogen and oxygen atoms in total. The van der Waals surface area contributed by atoms with Crippen LogP contribution in [0.15, 0.2) is 48.7 Å². The molecule has 20 heavy (non-hydrogen) atoms. The summed E-state index contributed by atoms with van der Waals surface area (Å²) >= 11 is 0. The number of aryl methyl sites for hydroxylation is 1. The molecule has 0 spiro atoms. The Morgan fingerprint density at radius 1 is 1.05 bits per heavy atom. The lowest BCUT2D eigenvalue weighted by molar-refractivity contribution is 0.584. The lowest BCUT2D eigenvalue weighted by atomic mass is 10.2. The Hall–Kier alpha value is -2.36. The zero-order valence-corrected chi connectivity index (χ0v) is 11.0. The molecule has 0 saturated heterocycles. The molecule has 102 valence electrons. The summed E-state index contributed by atoms with van der Waals surface area (Å²) in [5.41, 5.74) is 2.66. The van der Waals surface area contributed by atoms with Gasteiger partial charge in [0.1, 0.15) is 11.6 Å². The van der Waals surface area contributed by atoms with Crippen LogP contribution in [0.1, 0.15) is 5.56 Å². The van der Waals surface area contributed by atoms with Gasteiger partial charge in [-0.3, -0.25) is 0 Å². The highest BCUT2D eigenvalue weighted by Gasteiger charge is 2.06. The molecule has 0 aliphatic carbocycles. The molecule has 1 aromatic heterocycles. The molecule has 0 unspecified atom stereocenters. The molecular weight excluding hydrogens is 258 g/mol. The molecule has 0 radical (unpaired) electrons. The summed E-state index contributed by atoms with van der Waals surface area (Å²) in [5.74, 6) is -1.16. The highest BCUT2D eigenvalue weighted by Crippen LogP contribution is 2.22. The first-order valence-electron chi connectivity index (χ1n) is 6.36. The summed E-state index contributed by atoms with van der Waals surface area (Å²) in [6.07, 6.45) is 2.02. The number of anilines is 1. The van der Waals surface area contributed by atoms with Crippen molar-refractivity contribution in [2.75, 3.05) is 5.32 Å². The van der Waals surface area contributed by atoms with Crippen molar-refractivity contribution in [2.24, 2.45) is 7.05 Å². The number of rotatable bonds is 3. The molecule has 0 aliphatic heterocycles. The maximum absolute atomic E-state index is 13.1. The minimum atomic E-state index is -0.578. The average molecular weight is 272 g/mol. The maximum atomic E-state index is 13.1. The molecule has 0 saturated carbocycles. The van der Waals surface area contributed by atoms with Crippen molar-refractivity contribution < 1.29 is 8.78 Å². The van der Waals surface area contributed by atoms with Gasteiger partial charge < -0.3 is 9.88 Å². The van der Waals surface area contributed by atoms with Crippen LogP contribution in [0.3, 0.4) is 0 Å². The van der Waals surface area contributed by atoms with Crippen LogP contribution in [0.5, 0.6) is 0 Å². The van der Waals surface area contributed by atoms with Crippen molar-refractivity contribution in [1.29, 1.82) is 0 Å². The number of halogens is 2. The summed E-state index contributed by atoms with van der Waals surface area (Å²) in [6.45, 7) is 0.518. The zero-order valence-electron chi connectivity index (χ0n) is 11.0. The van der Waals surface area contributed by atoms with Crippen molar-refractivity contribution in [3.05, 3.63) is 65.9 Å². The van der Waals surface area contributed by atoms with E-state index in [-0.39, 0.29) is 0 Å². The molecule has 3 rings (SSSR count). The highest BCUT2D eigenvalue weighted by atomic mass is 19.1. The SMILES string of the molecule is Cn1cc(CNc2cc(F)cc(F)c2)c2ccccc21. The second-order valence-electron chi connectivity index (χ2n) is 4.79. The summed E-state index contributed by atoms with van der Waals surface area (Å²) < 4.78 is 28.3. The van der Waals surface area contributed by atoms with E-state index in [1.54, 1.807) is 0 Å². The third kappa shape index (κ3) is 2.37. The summed E-state index contributed by atoms with van der Waals surface area (Å²) in [5, 5.41) is 4.19. The number of nitrogens with one attached hydrogen (secondary N) is 1. The fourth-order valence-corrected chi connectivity index (χ4v) is 2.42. The van der Waals surface area contributed by atoms with E-state index < -0.39 is 11.6 Å². The fraction of sp³-hybridized carbons (Fsp3) is 0.125. The standard InChI is InChI=1S/C16H14F2N2/c1-20-10-11(15-4-2-3-5-16(15)20)9-19-14-7-12(17)6-13(18)8-14/h2-8,10,19H,9H2,1H3. The van der Waals surface area contributed by atoms with E-state index in [1.807, 2.05) is 42.1 Å². The largest absolute Gasteiger partial charge is 0.381 e. The van der Waals surface area contributed by atoms with Gasteiger partial charge in [0.2, 0.25) is 0 Å². The van der Waals surface area contributed by atoms with Gasteiger partial charge in [-0.05, 0) is 23.8 Å². The van der Waals surface area contributed by atoms with Gasteiger partial charge >= 0.3 is 0 Å². The van der Waals surface area contributed by atoms with E-state index in [1.165, 1.54) is 12.1 Å². The molecule has 1 N–H and O–H groups in total. The van der Waals surface area contributed by atoms with Crippen molar-refractivity contribution in [1.82, 2.24) is 4.57 Å². The van der Waals surface area contributed by atoms with E-state index in [2.05, 4.69) is 5.32 Å². The fourth-order valence-electron chi connectivity index (χ4n) is 2.42. The van der Waals surface area contributed by atoms with Gasteiger partial charge in [0.25, 0.3) is 0 Å². The van der Waals surface area contributed by atoms with Crippen LogP contribution in [0.25, 0.3) is 10.9 Å². The van der Waals surface area contributed by atoms with Crippen LogP contribution in [0, 0.1) is 11.6 Å². The average Bonchev–Trinajstić information content (AvgIpc) is 2.73. The molecule has 1 heterocycles. The van der Waals surface area contributed by atoms with Gasteiger partial charge in [-0.1, -0.05) is 18.2 Å². The first kappa shape index (κ1) is 12.7.